The van der Waals surface area contributed by atoms with E-state index in [-0.39, 0.29) is 23.6 Å². The number of aromatic nitrogens is 1. The van der Waals surface area contributed by atoms with Gasteiger partial charge in [-0.25, -0.2) is 0 Å². The molecule has 2 aromatic rings. The number of aliphatic carboxylic acids is 1. The van der Waals surface area contributed by atoms with Crippen LogP contribution in [0.3, 0.4) is 0 Å². The minimum atomic E-state index is -0.877. The van der Waals surface area contributed by atoms with Gasteiger partial charge in [0.25, 0.3) is 0 Å². The molecule has 0 aliphatic rings. The van der Waals surface area contributed by atoms with Crippen LogP contribution in [0.2, 0.25) is 0 Å². The van der Waals surface area contributed by atoms with E-state index in [1.54, 1.807) is 24.6 Å². The van der Waals surface area contributed by atoms with Crippen LogP contribution < -0.4 is 10.2 Å². The Balaban J connectivity index is 2.23. The van der Waals surface area contributed by atoms with Gasteiger partial charge in [-0.15, -0.1) is 0 Å². The van der Waals surface area contributed by atoms with Gasteiger partial charge in [-0.2, -0.15) is 0 Å². The third-order valence-electron chi connectivity index (χ3n) is 3.50. The van der Waals surface area contributed by atoms with Crippen LogP contribution in [0.15, 0.2) is 47.4 Å². The number of rotatable bonds is 6. The Hall–Kier alpha value is -2.56. The van der Waals surface area contributed by atoms with Gasteiger partial charge in [0.05, 0.1) is 12.1 Å². The second-order valence-electron chi connectivity index (χ2n) is 5.22. The summed E-state index contributed by atoms with van der Waals surface area (Å²) < 4.78 is 7.43. The Bertz CT molecular complexity index is 706. The highest BCUT2D eigenvalue weighted by atomic mass is 16.5. The zero-order valence-corrected chi connectivity index (χ0v) is 12.7. The van der Waals surface area contributed by atoms with Crippen molar-refractivity contribution in [3.8, 4) is 5.75 Å². The lowest BCUT2D eigenvalue weighted by molar-refractivity contribution is -0.137. The van der Waals surface area contributed by atoms with Crippen molar-refractivity contribution in [2.24, 2.45) is 0 Å². The number of ether oxygens (including phenoxy) is 1. The molecule has 2 rings (SSSR count). The van der Waals surface area contributed by atoms with Crippen LogP contribution in [0, 0.1) is 6.92 Å². The molecule has 0 bridgehead atoms. The molecule has 0 radical (unpaired) electrons. The van der Waals surface area contributed by atoms with Gasteiger partial charge < -0.3 is 14.4 Å². The van der Waals surface area contributed by atoms with Crippen LogP contribution in [-0.2, 0) is 11.4 Å². The molecule has 22 heavy (non-hydrogen) atoms. The van der Waals surface area contributed by atoms with Crippen molar-refractivity contribution < 1.29 is 14.6 Å². The summed E-state index contributed by atoms with van der Waals surface area (Å²) in [5.41, 5.74) is 1.40. The SMILES string of the molecule is Cc1c(OCc2ccccc2)c(=O)ccn1C(C)CC(=O)O. The topological polar surface area (TPSA) is 68.5 Å². The van der Waals surface area contributed by atoms with Gasteiger partial charge in [0, 0.05) is 18.3 Å². The van der Waals surface area contributed by atoms with Gasteiger partial charge in [0.1, 0.15) is 6.61 Å². The fourth-order valence-electron chi connectivity index (χ4n) is 2.36. The lowest BCUT2D eigenvalue weighted by atomic mass is 10.2. The Morgan fingerprint density at radius 3 is 2.59 bits per heavy atom. The summed E-state index contributed by atoms with van der Waals surface area (Å²) >= 11 is 0. The van der Waals surface area contributed by atoms with Crippen molar-refractivity contribution in [1.29, 1.82) is 0 Å². The molecule has 1 aromatic carbocycles. The van der Waals surface area contributed by atoms with Crippen LogP contribution in [0.4, 0.5) is 0 Å². The highest BCUT2D eigenvalue weighted by molar-refractivity contribution is 5.67. The highest BCUT2D eigenvalue weighted by Gasteiger charge is 2.15. The molecule has 0 spiro atoms. The van der Waals surface area contributed by atoms with Crippen LogP contribution in [-0.4, -0.2) is 15.6 Å². The van der Waals surface area contributed by atoms with Crippen molar-refractivity contribution in [1.82, 2.24) is 4.57 Å². The predicted molar refractivity (Wildman–Crippen MR) is 83.2 cm³/mol. The quantitative estimate of drug-likeness (QED) is 0.890. The Morgan fingerprint density at radius 1 is 1.27 bits per heavy atom. The third-order valence-corrected chi connectivity index (χ3v) is 3.50. The molecule has 0 amide bonds. The maximum atomic E-state index is 12.0. The molecule has 1 N–H and O–H groups in total. The summed E-state index contributed by atoms with van der Waals surface area (Å²) in [6.45, 7) is 3.86. The molecule has 1 unspecified atom stereocenters. The molecule has 5 nitrogen and oxygen atoms in total. The van der Waals surface area contributed by atoms with E-state index >= 15 is 0 Å². The van der Waals surface area contributed by atoms with Crippen molar-refractivity contribution in [3.05, 3.63) is 64.1 Å². The molecule has 1 atom stereocenters. The summed E-state index contributed by atoms with van der Waals surface area (Å²) in [6.07, 6.45) is 1.60. The lowest BCUT2D eigenvalue weighted by Gasteiger charge is -2.19. The first kappa shape index (κ1) is 15.8. The Labute approximate surface area is 128 Å². The lowest BCUT2D eigenvalue weighted by Crippen LogP contribution is -2.18. The van der Waals surface area contributed by atoms with E-state index in [4.69, 9.17) is 9.84 Å². The second-order valence-corrected chi connectivity index (χ2v) is 5.22. The van der Waals surface area contributed by atoms with Crippen LogP contribution in [0.1, 0.15) is 30.6 Å². The first-order chi connectivity index (χ1) is 10.5. The van der Waals surface area contributed by atoms with E-state index < -0.39 is 5.97 Å². The molecule has 1 heterocycles. The maximum Gasteiger partial charge on any atom is 0.305 e. The number of carbonyl (C=O) groups is 1. The molecular formula is C17H19NO4. The fourth-order valence-corrected chi connectivity index (χ4v) is 2.36. The zero-order valence-electron chi connectivity index (χ0n) is 12.7. The fraction of sp³-hybridized carbons (Fsp3) is 0.294. The van der Waals surface area contributed by atoms with E-state index in [1.165, 1.54) is 6.07 Å². The van der Waals surface area contributed by atoms with E-state index in [9.17, 15) is 9.59 Å². The largest absolute Gasteiger partial charge is 0.483 e. The van der Waals surface area contributed by atoms with Crippen molar-refractivity contribution in [2.75, 3.05) is 0 Å². The number of hydrogen-bond donors (Lipinski definition) is 1. The van der Waals surface area contributed by atoms with Gasteiger partial charge in [0.2, 0.25) is 5.43 Å². The first-order valence-electron chi connectivity index (χ1n) is 7.09. The second kappa shape index (κ2) is 6.93. The summed E-state index contributed by atoms with van der Waals surface area (Å²) in [5, 5.41) is 8.91. The van der Waals surface area contributed by atoms with Crippen molar-refractivity contribution in [2.45, 2.75) is 32.9 Å². The smallest absolute Gasteiger partial charge is 0.305 e. The van der Waals surface area contributed by atoms with E-state index in [0.717, 1.165) is 5.56 Å². The normalized spacial score (nSPS) is 11.9. The predicted octanol–water partition coefficient (Wildman–Crippen LogP) is 2.77. The summed E-state index contributed by atoms with van der Waals surface area (Å²) in [5.74, 6) is -0.610. The number of nitrogens with zero attached hydrogens (tertiary/aromatic N) is 1. The number of carboxylic acids is 1. The van der Waals surface area contributed by atoms with Crippen LogP contribution in [0.5, 0.6) is 5.75 Å². The van der Waals surface area contributed by atoms with Gasteiger partial charge in [0.15, 0.2) is 5.75 Å². The third kappa shape index (κ3) is 3.75. The monoisotopic (exact) mass is 301 g/mol. The van der Waals surface area contributed by atoms with E-state index in [2.05, 4.69) is 0 Å². The van der Waals surface area contributed by atoms with Gasteiger partial charge in [-0.3, -0.25) is 9.59 Å². The van der Waals surface area contributed by atoms with Gasteiger partial charge >= 0.3 is 5.97 Å². The maximum absolute atomic E-state index is 12.0. The average molecular weight is 301 g/mol. The molecule has 0 aliphatic carbocycles. The standard InChI is InChI=1S/C17H19NO4/c1-12(10-16(20)21)18-9-8-15(19)17(13(18)2)22-11-14-6-4-3-5-7-14/h3-9,12H,10-11H2,1-2H3,(H,20,21). The molecule has 0 aliphatic heterocycles. The van der Waals surface area contributed by atoms with Crippen LogP contribution in [0.25, 0.3) is 0 Å². The molecule has 0 fully saturated rings. The van der Waals surface area contributed by atoms with Crippen molar-refractivity contribution in [3.63, 3.8) is 0 Å². The summed E-state index contributed by atoms with van der Waals surface area (Å²) in [7, 11) is 0. The van der Waals surface area contributed by atoms with Gasteiger partial charge in [-0.1, -0.05) is 30.3 Å². The number of pyridine rings is 1. The molecule has 1 aromatic heterocycles. The van der Waals surface area contributed by atoms with E-state index in [0.29, 0.717) is 12.3 Å². The molecular weight excluding hydrogens is 282 g/mol. The first-order valence-corrected chi connectivity index (χ1v) is 7.09. The molecule has 0 saturated heterocycles. The number of hydrogen-bond acceptors (Lipinski definition) is 3. The highest BCUT2D eigenvalue weighted by Crippen LogP contribution is 2.19. The minimum Gasteiger partial charge on any atom is -0.483 e. The number of carboxylic acid groups (broad SMARTS) is 1. The van der Waals surface area contributed by atoms with Crippen LogP contribution >= 0.6 is 0 Å². The Morgan fingerprint density at radius 2 is 1.95 bits per heavy atom. The number of benzene rings is 1. The van der Waals surface area contributed by atoms with E-state index in [1.807, 2.05) is 30.3 Å². The van der Waals surface area contributed by atoms with Crippen molar-refractivity contribution >= 4 is 5.97 Å². The van der Waals surface area contributed by atoms with Gasteiger partial charge in [-0.05, 0) is 19.4 Å². The Kier molecular flexibility index (Phi) is 4.99. The molecule has 0 saturated carbocycles. The molecule has 116 valence electrons. The molecule has 5 heteroatoms. The zero-order chi connectivity index (χ0) is 16.1. The minimum absolute atomic E-state index is 0.0121. The average Bonchev–Trinajstić information content (AvgIpc) is 2.47. The summed E-state index contributed by atoms with van der Waals surface area (Å²) in [6, 6.07) is 10.7. The summed E-state index contributed by atoms with van der Waals surface area (Å²) in [4.78, 5) is 22.9.